The Bertz CT molecular complexity index is 1660. The van der Waals surface area contributed by atoms with Gasteiger partial charge >= 0.3 is 0 Å². The van der Waals surface area contributed by atoms with E-state index in [1.54, 1.807) is 19.5 Å². The lowest BCUT2D eigenvalue weighted by Crippen LogP contribution is -2.23. The summed E-state index contributed by atoms with van der Waals surface area (Å²) < 4.78 is 9.05. The molecule has 0 bridgehead atoms. The van der Waals surface area contributed by atoms with Crippen LogP contribution in [0.15, 0.2) is 79.1 Å². The standard InChI is InChI=1S/C28H23N5O3/c1-36-15-7-14-32-22-12-5-3-10-20(22)26(31-32)25-24(27(34)30-28(25)35)23-16-18-8-2-4-11-21(18)33(23)19-9-6-13-29-17-19/h2-6,8-13,16-17H,7,14-15H2,1H3,(H,30,34,35). The van der Waals surface area contributed by atoms with E-state index in [2.05, 4.69) is 10.3 Å². The molecular weight excluding hydrogens is 454 g/mol. The first-order valence-electron chi connectivity index (χ1n) is 11.7. The Morgan fingerprint density at radius 1 is 0.917 bits per heavy atom. The van der Waals surface area contributed by atoms with Crippen molar-refractivity contribution in [3.05, 3.63) is 90.5 Å². The van der Waals surface area contributed by atoms with Gasteiger partial charge in [0.1, 0.15) is 5.69 Å². The third kappa shape index (κ3) is 3.50. The first-order valence-corrected chi connectivity index (χ1v) is 11.7. The Morgan fingerprint density at radius 3 is 2.50 bits per heavy atom. The Balaban J connectivity index is 1.63. The van der Waals surface area contributed by atoms with Crippen molar-refractivity contribution in [3.63, 3.8) is 0 Å². The maximum Gasteiger partial charge on any atom is 0.261 e. The molecule has 1 aliphatic heterocycles. The summed E-state index contributed by atoms with van der Waals surface area (Å²) >= 11 is 0. The van der Waals surface area contributed by atoms with Crippen molar-refractivity contribution < 1.29 is 14.3 Å². The summed E-state index contributed by atoms with van der Waals surface area (Å²) in [6.45, 7) is 1.23. The van der Waals surface area contributed by atoms with Crippen LogP contribution in [0.1, 0.15) is 17.8 Å². The van der Waals surface area contributed by atoms with Gasteiger partial charge in [-0.3, -0.25) is 24.6 Å². The predicted molar refractivity (Wildman–Crippen MR) is 137 cm³/mol. The molecule has 2 aromatic carbocycles. The minimum Gasteiger partial charge on any atom is -0.385 e. The lowest BCUT2D eigenvalue weighted by Gasteiger charge is -2.11. The maximum atomic E-state index is 13.3. The number of amides is 2. The van der Waals surface area contributed by atoms with Gasteiger partial charge in [0, 0.05) is 37.2 Å². The third-order valence-corrected chi connectivity index (χ3v) is 6.42. The number of imide groups is 1. The molecule has 0 atom stereocenters. The molecule has 0 aliphatic carbocycles. The molecule has 0 saturated carbocycles. The number of ether oxygens (including phenoxy) is 1. The number of fused-ring (bicyclic) bond motifs is 2. The van der Waals surface area contributed by atoms with Gasteiger partial charge in [0.15, 0.2) is 0 Å². The van der Waals surface area contributed by atoms with Crippen molar-refractivity contribution in [2.45, 2.75) is 13.0 Å². The second-order valence-electron chi connectivity index (χ2n) is 8.60. The van der Waals surface area contributed by atoms with Crippen molar-refractivity contribution in [2.75, 3.05) is 13.7 Å². The van der Waals surface area contributed by atoms with Gasteiger partial charge in [0.2, 0.25) is 0 Å². The number of carbonyl (C=O) groups is 2. The highest BCUT2D eigenvalue weighted by molar-refractivity contribution is 6.49. The predicted octanol–water partition coefficient (Wildman–Crippen LogP) is 3.98. The molecule has 8 nitrogen and oxygen atoms in total. The van der Waals surface area contributed by atoms with Crippen molar-refractivity contribution in [2.24, 2.45) is 0 Å². The molecule has 6 rings (SSSR count). The number of aryl methyl sites for hydroxylation is 1. The van der Waals surface area contributed by atoms with Gasteiger partial charge in [0.05, 0.1) is 39.8 Å². The number of rotatable bonds is 7. The van der Waals surface area contributed by atoms with Gasteiger partial charge < -0.3 is 9.30 Å². The zero-order chi connectivity index (χ0) is 24.6. The van der Waals surface area contributed by atoms with Crippen LogP contribution < -0.4 is 5.32 Å². The van der Waals surface area contributed by atoms with Crippen LogP contribution in [0.4, 0.5) is 0 Å². The zero-order valence-corrected chi connectivity index (χ0v) is 19.6. The van der Waals surface area contributed by atoms with Gasteiger partial charge in [-0.05, 0) is 36.8 Å². The largest absolute Gasteiger partial charge is 0.385 e. The number of hydrogen-bond acceptors (Lipinski definition) is 5. The first kappa shape index (κ1) is 21.9. The summed E-state index contributed by atoms with van der Waals surface area (Å²) in [6, 6.07) is 21.3. The minimum atomic E-state index is -0.453. The number of benzene rings is 2. The molecule has 3 aromatic heterocycles. The van der Waals surface area contributed by atoms with Gasteiger partial charge in [-0.1, -0.05) is 36.4 Å². The Hall–Kier alpha value is -4.56. The van der Waals surface area contributed by atoms with Crippen LogP contribution >= 0.6 is 0 Å². The van der Waals surface area contributed by atoms with Crippen molar-refractivity contribution in [3.8, 4) is 5.69 Å². The summed E-state index contributed by atoms with van der Waals surface area (Å²) in [5.74, 6) is -0.897. The van der Waals surface area contributed by atoms with E-state index in [1.165, 1.54) is 0 Å². The molecule has 8 heteroatoms. The van der Waals surface area contributed by atoms with Crippen LogP contribution in [0.2, 0.25) is 0 Å². The monoisotopic (exact) mass is 477 g/mol. The fraction of sp³-hybridized carbons (Fsp3) is 0.143. The molecule has 0 fully saturated rings. The average molecular weight is 478 g/mol. The zero-order valence-electron chi connectivity index (χ0n) is 19.6. The number of methoxy groups -OCH3 is 1. The van der Waals surface area contributed by atoms with E-state index in [-0.39, 0.29) is 5.57 Å². The number of nitrogens with one attached hydrogen (secondary N) is 1. The van der Waals surface area contributed by atoms with Crippen LogP contribution in [-0.4, -0.2) is 44.9 Å². The Morgan fingerprint density at radius 2 is 1.69 bits per heavy atom. The maximum absolute atomic E-state index is 13.3. The van der Waals surface area contributed by atoms with Crippen molar-refractivity contribution in [1.29, 1.82) is 0 Å². The number of aromatic nitrogens is 4. The highest BCUT2D eigenvalue weighted by atomic mass is 16.5. The summed E-state index contributed by atoms with van der Waals surface area (Å²) in [5.41, 5.74) is 4.28. The van der Waals surface area contributed by atoms with Gasteiger partial charge in [0.25, 0.3) is 11.8 Å². The molecule has 0 saturated heterocycles. The Kier molecular flexibility index (Phi) is 5.42. The lowest BCUT2D eigenvalue weighted by atomic mass is 10.0. The Labute approximate surface area is 206 Å². The lowest BCUT2D eigenvalue weighted by molar-refractivity contribution is -0.122. The van der Waals surface area contributed by atoms with E-state index in [9.17, 15) is 9.59 Å². The quantitative estimate of drug-likeness (QED) is 0.283. The number of nitrogens with zero attached hydrogens (tertiary/aromatic N) is 4. The third-order valence-electron chi connectivity index (χ3n) is 6.42. The minimum absolute atomic E-state index is 0.273. The number of hydrogen-bond donors (Lipinski definition) is 1. The van der Waals surface area contributed by atoms with Gasteiger partial charge in [-0.2, -0.15) is 5.10 Å². The fourth-order valence-electron chi connectivity index (χ4n) is 4.87. The van der Waals surface area contributed by atoms with E-state index in [0.717, 1.165) is 33.9 Å². The summed E-state index contributed by atoms with van der Waals surface area (Å²) in [5, 5.41) is 9.11. The average Bonchev–Trinajstić information content (AvgIpc) is 3.55. The van der Waals surface area contributed by atoms with Crippen molar-refractivity contribution in [1.82, 2.24) is 24.6 Å². The molecule has 2 amide bonds. The van der Waals surface area contributed by atoms with E-state index < -0.39 is 11.8 Å². The molecule has 5 aromatic rings. The molecule has 178 valence electrons. The summed E-state index contributed by atoms with van der Waals surface area (Å²) in [6.07, 6.45) is 4.21. The second-order valence-corrected chi connectivity index (χ2v) is 8.60. The summed E-state index contributed by atoms with van der Waals surface area (Å²) in [7, 11) is 1.67. The topological polar surface area (TPSA) is 91.0 Å². The molecular formula is C28H23N5O3. The highest BCUT2D eigenvalue weighted by Crippen LogP contribution is 2.37. The second kappa shape index (κ2) is 8.90. The van der Waals surface area contributed by atoms with Gasteiger partial charge in [-0.25, -0.2) is 0 Å². The first-order chi connectivity index (χ1) is 17.7. The summed E-state index contributed by atoms with van der Waals surface area (Å²) in [4.78, 5) is 30.9. The SMILES string of the molecule is COCCCn1nc(C2=C(c3cc4ccccc4n3-c3cccnc3)C(=O)NC2=O)c2ccccc21. The normalized spacial score (nSPS) is 13.8. The van der Waals surface area contributed by atoms with Crippen molar-refractivity contribution >= 4 is 44.8 Å². The highest BCUT2D eigenvalue weighted by Gasteiger charge is 2.37. The number of pyridine rings is 1. The molecule has 0 radical (unpaired) electrons. The van der Waals surface area contributed by atoms with Gasteiger partial charge in [-0.15, -0.1) is 0 Å². The van der Waals surface area contributed by atoms with E-state index in [1.807, 2.05) is 76.0 Å². The van der Waals surface area contributed by atoms with Crippen LogP contribution in [0, 0.1) is 0 Å². The molecule has 0 unspecified atom stereocenters. The molecule has 1 aliphatic rings. The molecule has 36 heavy (non-hydrogen) atoms. The number of para-hydroxylation sites is 2. The van der Waals surface area contributed by atoms with E-state index in [4.69, 9.17) is 9.84 Å². The molecule has 4 heterocycles. The van der Waals surface area contributed by atoms with Crippen LogP contribution in [0.5, 0.6) is 0 Å². The van der Waals surface area contributed by atoms with Crippen LogP contribution in [0.3, 0.4) is 0 Å². The van der Waals surface area contributed by atoms with Crippen LogP contribution in [0.25, 0.3) is 38.6 Å². The van der Waals surface area contributed by atoms with E-state index >= 15 is 0 Å². The smallest absolute Gasteiger partial charge is 0.261 e. The molecule has 1 N–H and O–H groups in total. The van der Waals surface area contributed by atoms with E-state index in [0.29, 0.717) is 30.1 Å². The molecule has 0 spiro atoms. The fourth-order valence-corrected chi connectivity index (χ4v) is 4.87. The number of carbonyl (C=O) groups excluding carboxylic acids is 2. The van der Waals surface area contributed by atoms with Crippen LogP contribution in [-0.2, 0) is 20.9 Å².